The number of carbonyl (C=O) groups excluding carboxylic acids is 1. The highest BCUT2D eigenvalue weighted by Crippen LogP contribution is 2.16. The number of benzene rings is 1. The first-order valence-electron chi connectivity index (χ1n) is 5.81. The quantitative estimate of drug-likeness (QED) is 0.871. The third kappa shape index (κ3) is 3.19. The van der Waals surface area contributed by atoms with Gasteiger partial charge in [-0.1, -0.05) is 0 Å². The molecule has 0 saturated carbocycles. The first-order valence-corrected chi connectivity index (χ1v) is 5.81. The van der Waals surface area contributed by atoms with Gasteiger partial charge in [-0.25, -0.2) is 9.97 Å². The van der Waals surface area contributed by atoms with Crippen LogP contribution in [0.25, 0.3) is 0 Å². The lowest BCUT2D eigenvalue weighted by Crippen LogP contribution is -2.16. The van der Waals surface area contributed by atoms with Gasteiger partial charge in [0.25, 0.3) is 5.91 Å². The molecule has 6 nitrogen and oxygen atoms in total. The van der Waals surface area contributed by atoms with Gasteiger partial charge in [0.15, 0.2) is 11.5 Å². The number of nitrogens with two attached hydrogens (primary N) is 1. The van der Waals surface area contributed by atoms with Gasteiger partial charge >= 0.3 is 0 Å². The molecule has 2 aromatic rings. The SMILES string of the molecule is CCOc1ccc(NC(=O)c2nccnc2N)cc1. The molecule has 3 N–H and O–H groups in total. The second kappa shape index (κ2) is 5.81. The highest BCUT2D eigenvalue weighted by molar-refractivity contribution is 6.05. The van der Waals surface area contributed by atoms with Crippen LogP contribution in [0.5, 0.6) is 5.75 Å². The van der Waals surface area contributed by atoms with Crippen LogP contribution in [-0.4, -0.2) is 22.5 Å². The van der Waals surface area contributed by atoms with Gasteiger partial charge in [0, 0.05) is 18.1 Å². The van der Waals surface area contributed by atoms with Crippen molar-refractivity contribution < 1.29 is 9.53 Å². The largest absolute Gasteiger partial charge is 0.494 e. The monoisotopic (exact) mass is 258 g/mol. The third-order valence-corrected chi connectivity index (χ3v) is 2.36. The summed E-state index contributed by atoms with van der Waals surface area (Å²) in [6.45, 7) is 2.51. The fourth-order valence-electron chi connectivity index (χ4n) is 1.52. The molecule has 0 aliphatic heterocycles. The van der Waals surface area contributed by atoms with Gasteiger partial charge in [0.1, 0.15) is 5.75 Å². The maximum atomic E-state index is 11.9. The van der Waals surface area contributed by atoms with E-state index in [1.165, 1.54) is 12.4 Å². The van der Waals surface area contributed by atoms with Crippen LogP contribution in [0.2, 0.25) is 0 Å². The maximum absolute atomic E-state index is 11.9. The minimum atomic E-state index is -0.394. The van der Waals surface area contributed by atoms with E-state index < -0.39 is 5.91 Å². The van der Waals surface area contributed by atoms with Crippen molar-refractivity contribution in [3.8, 4) is 5.75 Å². The minimum Gasteiger partial charge on any atom is -0.494 e. The highest BCUT2D eigenvalue weighted by Gasteiger charge is 2.11. The van der Waals surface area contributed by atoms with Gasteiger partial charge in [-0.3, -0.25) is 4.79 Å². The van der Waals surface area contributed by atoms with Crippen LogP contribution in [-0.2, 0) is 0 Å². The van der Waals surface area contributed by atoms with Crippen molar-refractivity contribution in [1.29, 1.82) is 0 Å². The van der Waals surface area contributed by atoms with Crippen LogP contribution < -0.4 is 15.8 Å². The number of amides is 1. The van der Waals surface area contributed by atoms with Crippen LogP contribution in [0.1, 0.15) is 17.4 Å². The average Bonchev–Trinajstić information content (AvgIpc) is 2.42. The predicted molar refractivity (Wildman–Crippen MR) is 72.0 cm³/mol. The van der Waals surface area contributed by atoms with E-state index in [0.29, 0.717) is 12.3 Å². The van der Waals surface area contributed by atoms with E-state index in [1.807, 2.05) is 6.92 Å². The zero-order valence-electron chi connectivity index (χ0n) is 10.5. The molecule has 2 rings (SSSR count). The summed E-state index contributed by atoms with van der Waals surface area (Å²) in [6, 6.07) is 7.04. The van der Waals surface area contributed by atoms with E-state index in [4.69, 9.17) is 10.5 Å². The molecule has 1 amide bonds. The van der Waals surface area contributed by atoms with Crippen molar-refractivity contribution in [2.75, 3.05) is 17.7 Å². The van der Waals surface area contributed by atoms with Gasteiger partial charge < -0.3 is 15.8 Å². The number of hydrogen-bond acceptors (Lipinski definition) is 5. The molecule has 0 aliphatic carbocycles. The number of nitrogens with zero attached hydrogens (tertiary/aromatic N) is 2. The molecule has 0 unspecified atom stereocenters. The Morgan fingerprint density at radius 3 is 2.58 bits per heavy atom. The van der Waals surface area contributed by atoms with Gasteiger partial charge in [0.05, 0.1) is 6.61 Å². The number of nitrogen functional groups attached to an aromatic ring is 1. The smallest absolute Gasteiger partial charge is 0.278 e. The Morgan fingerprint density at radius 2 is 1.95 bits per heavy atom. The van der Waals surface area contributed by atoms with Crippen molar-refractivity contribution in [3.05, 3.63) is 42.4 Å². The van der Waals surface area contributed by atoms with Gasteiger partial charge in [-0.15, -0.1) is 0 Å². The van der Waals surface area contributed by atoms with Crippen molar-refractivity contribution in [2.45, 2.75) is 6.92 Å². The Hall–Kier alpha value is -2.63. The summed E-state index contributed by atoms with van der Waals surface area (Å²) in [5.74, 6) is 0.459. The lowest BCUT2D eigenvalue weighted by molar-refractivity contribution is 0.102. The molecule has 0 spiro atoms. The topological polar surface area (TPSA) is 90.1 Å². The number of hydrogen-bond donors (Lipinski definition) is 2. The van der Waals surface area contributed by atoms with E-state index in [-0.39, 0.29) is 11.5 Å². The van der Waals surface area contributed by atoms with Gasteiger partial charge in [-0.2, -0.15) is 0 Å². The standard InChI is InChI=1S/C13H14N4O2/c1-2-19-10-5-3-9(4-6-10)17-13(18)11-12(14)16-8-7-15-11/h3-8H,2H2,1H3,(H2,14,16)(H,17,18). The summed E-state index contributed by atoms with van der Waals surface area (Å²) in [7, 11) is 0. The fraction of sp³-hybridized carbons (Fsp3) is 0.154. The minimum absolute atomic E-state index is 0.103. The molecule has 0 atom stereocenters. The van der Waals surface area contributed by atoms with E-state index in [0.717, 1.165) is 5.75 Å². The normalized spacial score (nSPS) is 9.95. The van der Waals surface area contributed by atoms with E-state index in [1.54, 1.807) is 24.3 Å². The summed E-state index contributed by atoms with van der Waals surface area (Å²) >= 11 is 0. The molecule has 19 heavy (non-hydrogen) atoms. The number of carbonyl (C=O) groups is 1. The van der Waals surface area contributed by atoms with E-state index >= 15 is 0 Å². The lowest BCUT2D eigenvalue weighted by Gasteiger charge is -2.07. The number of anilines is 2. The van der Waals surface area contributed by atoms with E-state index in [9.17, 15) is 4.79 Å². The summed E-state index contributed by atoms with van der Waals surface area (Å²) in [6.07, 6.45) is 2.85. The Balaban J connectivity index is 2.09. The van der Waals surface area contributed by atoms with Crippen LogP contribution >= 0.6 is 0 Å². The average molecular weight is 258 g/mol. The Labute approximate surface area is 110 Å². The Morgan fingerprint density at radius 1 is 1.26 bits per heavy atom. The second-order valence-electron chi connectivity index (χ2n) is 3.70. The number of ether oxygens (including phenoxy) is 1. The molecule has 0 bridgehead atoms. The highest BCUT2D eigenvalue weighted by atomic mass is 16.5. The molecule has 0 radical (unpaired) electrons. The van der Waals surface area contributed by atoms with Gasteiger partial charge in [-0.05, 0) is 31.2 Å². The van der Waals surface area contributed by atoms with Crippen LogP contribution in [0.4, 0.5) is 11.5 Å². The molecule has 1 heterocycles. The zero-order chi connectivity index (χ0) is 13.7. The van der Waals surface area contributed by atoms with Crippen LogP contribution in [0.15, 0.2) is 36.7 Å². The number of aromatic nitrogens is 2. The Bertz CT molecular complexity index is 569. The molecule has 1 aromatic carbocycles. The molecular formula is C13H14N4O2. The first-order chi connectivity index (χ1) is 9.20. The first kappa shape index (κ1) is 12.8. The fourth-order valence-corrected chi connectivity index (χ4v) is 1.52. The van der Waals surface area contributed by atoms with Crippen molar-refractivity contribution in [2.24, 2.45) is 0 Å². The predicted octanol–water partition coefficient (Wildman–Crippen LogP) is 1.71. The summed E-state index contributed by atoms with van der Waals surface area (Å²) in [4.78, 5) is 19.6. The molecule has 0 saturated heterocycles. The molecule has 0 fully saturated rings. The molecule has 98 valence electrons. The third-order valence-electron chi connectivity index (χ3n) is 2.36. The van der Waals surface area contributed by atoms with Crippen molar-refractivity contribution in [3.63, 3.8) is 0 Å². The van der Waals surface area contributed by atoms with Crippen LogP contribution in [0.3, 0.4) is 0 Å². The Kier molecular flexibility index (Phi) is 3.92. The van der Waals surface area contributed by atoms with Gasteiger partial charge in [0.2, 0.25) is 0 Å². The maximum Gasteiger partial charge on any atom is 0.278 e. The molecule has 6 heteroatoms. The summed E-state index contributed by atoms with van der Waals surface area (Å²) in [5.41, 5.74) is 6.33. The second-order valence-corrected chi connectivity index (χ2v) is 3.70. The van der Waals surface area contributed by atoms with E-state index in [2.05, 4.69) is 15.3 Å². The zero-order valence-corrected chi connectivity index (χ0v) is 10.5. The number of nitrogens with one attached hydrogen (secondary N) is 1. The lowest BCUT2D eigenvalue weighted by atomic mass is 10.3. The summed E-state index contributed by atoms with van der Waals surface area (Å²) < 4.78 is 5.31. The van der Waals surface area contributed by atoms with Crippen LogP contribution in [0, 0.1) is 0 Å². The van der Waals surface area contributed by atoms with Crippen molar-refractivity contribution in [1.82, 2.24) is 9.97 Å². The van der Waals surface area contributed by atoms with Crippen molar-refractivity contribution >= 4 is 17.4 Å². The number of rotatable bonds is 4. The molecular weight excluding hydrogens is 244 g/mol. The summed E-state index contributed by atoms with van der Waals surface area (Å²) in [5, 5.41) is 2.69. The molecule has 0 aliphatic rings. The molecule has 1 aromatic heterocycles.